The average Bonchev–Trinajstić information content (AvgIpc) is 2.41. The van der Waals surface area contributed by atoms with Crippen LogP contribution >= 0.6 is 22.6 Å². The lowest BCUT2D eigenvalue weighted by atomic mass is 10.1. The third kappa shape index (κ3) is 3.31. The maximum absolute atomic E-state index is 11.9. The molecule has 0 fully saturated rings. The van der Waals surface area contributed by atoms with Crippen LogP contribution in [0.4, 0.5) is 5.69 Å². The summed E-state index contributed by atoms with van der Waals surface area (Å²) in [5, 5.41) is 13.6. The Kier molecular flexibility index (Phi) is 4.16. The van der Waals surface area contributed by atoms with Crippen LogP contribution in [0.1, 0.15) is 20.7 Å². The van der Waals surface area contributed by atoms with Crippen molar-refractivity contribution in [2.24, 2.45) is 0 Å². The van der Waals surface area contributed by atoms with Crippen molar-refractivity contribution in [2.45, 2.75) is 0 Å². The smallest absolute Gasteiger partial charge is 0.255 e. The Balaban J connectivity index is 2.29. The number of carboxylic acid groups (broad SMARTS) is 1. The minimum atomic E-state index is -1.32. The molecular formula is C14H9INO3-. The van der Waals surface area contributed by atoms with E-state index in [0.29, 0.717) is 5.56 Å². The van der Waals surface area contributed by atoms with Crippen LogP contribution in [-0.4, -0.2) is 11.9 Å². The van der Waals surface area contributed by atoms with Gasteiger partial charge in [0.25, 0.3) is 5.91 Å². The summed E-state index contributed by atoms with van der Waals surface area (Å²) >= 11 is 2.00. The second-order valence-corrected chi connectivity index (χ2v) is 5.04. The quantitative estimate of drug-likeness (QED) is 0.844. The summed E-state index contributed by atoms with van der Waals surface area (Å²) in [6.07, 6.45) is 0. The molecule has 0 spiro atoms. The molecule has 4 nitrogen and oxygen atoms in total. The predicted molar refractivity (Wildman–Crippen MR) is 77.9 cm³/mol. The molecule has 96 valence electrons. The normalized spacial score (nSPS) is 9.95. The van der Waals surface area contributed by atoms with Crippen LogP contribution in [0.15, 0.2) is 48.5 Å². The minimum Gasteiger partial charge on any atom is -0.545 e. The van der Waals surface area contributed by atoms with Crippen LogP contribution in [0.2, 0.25) is 0 Å². The van der Waals surface area contributed by atoms with E-state index in [1.165, 1.54) is 6.07 Å². The van der Waals surface area contributed by atoms with E-state index in [1.54, 1.807) is 42.5 Å². The summed E-state index contributed by atoms with van der Waals surface area (Å²) in [6, 6.07) is 13.3. The molecule has 0 heterocycles. The van der Waals surface area contributed by atoms with Gasteiger partial charge in [-0.25, -0.2) is 0 Å². The number of hydrogen-bond acceptors (Lipinski definition) is 3. The summed E-state index contributed by atoms with van der Waals surface area (Å²) in [6.45, 7) is 0. The highest BCUT2D eigenvalue weighted by Crippen LogP contribution is 2.19. The standard InChI is InChI=1S/C14H10INO3/c15-10-6-7-12(11(8-10)14(18)19)16-13(17)9-4-2-1-3-5-9/h1-8H,(H,16,17)(H,18,19)/p-1. The lowest BCUT2D eigenvalue weighted by molar-refractivity contribution is -0.254. The Labute approximate surface area is 123 Å². The van der Waals surface area contributed by atoms with Gasteiger partial charge in [0.2, 0.25) is 0 Å². The second kappa shape index (κ2) is 5.83. The Bertz CT molecular complexity index is 626. The van der Waals surface area contributed by atoms with Crippen molar-refractivity contribution in [3.05, 3.63) is 63.2 Å². The van der Waals surface area contributed by atoms with Crippen LogP contribution < -0.4 is 10.4 Å². The largest absolute Gasteiger partial charge is 0.545 e. The van der Waals surface area contributed by atoms with Gasteiger partial charge in [-0.1, -0.05) is 18.2 Å². The van der Waals surface area contributed by atoms with E-state index in [0.717, 1.165) is 3.57 Å². The summed E-state index contributed by atoms with van der Waals surface area (Å²) in [5.74, 6) is -1.67. The third-order valence-corrected chi connectivity index (χ3v) is 3.16. The summed E-state index contributed by atoms with van der Waals surface area (Å²) in [4.78, 5) is 23.0. The van der Waals surface area contributed by atoms with Gasteiger partial charge in [-0.05, 0) is 52.9 Å². The first-order valence-electron chi connectivity index (χ1n) is 5.45. The second-order valence-electron chi connectivity index (χ2n) is 3.80. The number of hydrogen-bond donors (Lipinski definition) is 1. The molecular weight excluding hydrogens is 357 g/mol. The average molecular weight is 366 g/mol. The fourth-order valence-electron chi connectivity index (χ4n) is 1.58. The number of amides is 1. The number of carboxylic acids is 1. The zero-order chi connectivity index (χ0) is 13.8. The van der Waals surface area contributed by atoms with Gasteiger partial charge < -0.3 is 15.2 Å². The van der Waals surface area contributed by atoms with E-state index in [9.17, 15) is 14.7 Å². The van der Waals surface area contributed by atoms with Gasteiger partial charge in [0, 0.05) is 14.7 Å². The first kappa shape index (κ1) is 13.5. The lowest BCUT2D eigenvalue weighted by Crippen LogP contribution is -2.25. The Morgan fingerprint density at radius 3 is 2.37 bits per heavy atom. The molecule has 0 aliphatic rings. The molecule has 5 heteroatoms. The molecule has 0 aliphatic carbocycles. The molecule has 1 N–H and O–H groups in total. The number of halogens is 1. The van der Waals surface area contributed by atoms with Gasteiger partial charge in [-0.2, -0.15) is 0 Å². The van der Waals surface area contributed by atoms with E-state index >= 15 is 0 Å². The first-order valence-corrected chi connectivity index (χ1v) is 6.53. The molecule has 0 saturated heterocycles. The highest BCUT2D eigenvalue weighted by atomic mass is 127. The fourth-order valence-corrected chi connectivity index (χ4v) is 2.07. The highest BCUT2D eigenvalue weighted by molar-refractivity contribution is 14.1. The fraction of sp³-hybridized carbons (Fsp3) is 0. The van der Waals surface area contributed by atoms with Crippen molar-refractivity contribution in [2.75, 3.05) is 5.32 Å². The molecule has 2 rings (SSSR count). The molecule has 0 bridgehead atoms. The first-order chi connectivity index (χ1) is 9.08. The van der Waals surface area contributed by atoms with Crippen molar-refractivity contribution >= 4 is 40.2 Å². The van der Waals surface area contributed by atoms with Crippen LogP contribution in [0.3, 0.4) is 0 Å². The highest BCUT2D eigenvalue weighted by Gasteiger charge is 2.09. The van der Waals surface area contributed by atoms with Gasteiger partial charge in [-0.15, -0.1) is 0 Å². The summed E-state index contributed by atoms with van der Waals surface area (Å²) in [7, 11) is 0. The van der Waals surface area contributed by atoms with Crippen molar-refractivity contribution in [1.82, 2.24) is 0 Å². The van der Waals surface area contributed by atoms with Crippen molar-refractivity contribution < 1.29 is 14.7 Å². The molecule has 0 atom stereocenters. The zero-order valence-electron chi connectivity index (χ0n) is 9.72. The molecule has 0 radical (unpaired) electrons. The van der Waals surface area contributed by atoms with Crippen molar-refractivity contribution in [3.8, 4) is 0 Å². The molecule has 0 aliphatic heterocycles. The maximum atomic E-state index is 11.9. The predicted octanol–water partition coefficient (Wildman–Crippen LogP) is 1.91. The van der Waals surface area contributed by atoms with E-state index in [2.05, 4.69) is 5.32 Å². The monoisotopic (exact) mass is 366 g/mol. The van der Waals surface area contributed by atoms with Crippen LogP contribution in [-0.2, 0) is 0 Å². The van der Waals surface area contributed by atoms with Gasteiger partial charge in [0.1, 0.15) is 0 Å². The maximum Gasteiger partial charge on any atom is 0.255 e. The molecule has 1 amide bonds. The molecule has 2 aromatic rings. The number of aromatic carboxylic acids is 1. The Hall–Kier alpha value is -1.89. The molecule has 0 aromatic heterocycles. The van der Waals surface area contributed by atoms with Gasteiger partial charge in [0.15, 0.2) is 0 Å². The van der Waals surface area contributed by atoms with Crippen molar-refractivity contribution in [3.63, 3.8) is 0 Å². The number of benzene rings is 2. The third-order valence-electron chi connectivity index (χ3n) is 2.49. The molecule has 0 unspecified atom stereocenters. The van der Waals surface area contributed by atoms with Crippen molar-refractivity contribution in [1.29, 1.82) is 0 Å². The molecule has 19 heavy (non-hydrogen) atoms. The Morgan fingerprint density at radius 1 is 1.05 bits per heavy atom. The lowest BCUT2D eigenvalue weighted by Gasteiger charge is -2.12. The van der Waals surface area contributed by atoms with Gasteiger partial charge in [0.05, 0.1) is 11.7 Å². The molecule has 2 aromatic carbocycles. The van der Waals surface area contributed by atoms with E-state index in [4.69, 9.17) is 0 Å². The number of rotatable bonds is 3. The summed E-state index contributed by atoms with van der Waals surface area (Å²) in [5.41, 5.74) is 0.663. The number of nitrogens with one attached hydrogen (secondary N) is 1. The van der Waals surface area contributed by atoms with E-state index < -0.39 is 5.97 Å². The number of anilines is 1. The van der Waals surface area contributed by atoms with E-state index in [1.807, 2.05) is 22.6 Å². The SMILES string of the molecule is O=C(Nc1ccc(I)cc1C(=O)[O-])c1ccccc1. The number of carbonyl (C=O) groups excluding carboxylic acids is 2. The topological polar surface area (TPSA) is 69.2 Å². The number of carbonyl (C=O) groups is 2. The van der Waals surface area contributed by atoms with E-state index in [-0.39, 0.29) is 17.2 Å². The van der Waals surface area contributed by atoms with Crippen LogP contribution in [0, 0.1) is 3.57 Å². The van der Waals surface area contributed by atoms with Gasteiger partial charge >= 0.3 is 0 Å². The van der Waals surface area contributed by atoms with Gasteiger partial charge in [-0.3, -0.25) is 4.79 Å². The Morgan fingerprint density at radius 2 is 1.74 bits per heavy atom. The van der Waals surface area contributed by atoms with Crippen LogP contribution in [0.25, 0.3) is 0 Å². The zero-order valence-corrected chi connectivity index (χ0v) is 11.9. The summed E-state index contributed by atoms with van der Waals surface area (Å²) < 4.78 is 0.759. The van der Waals surface area contributed by atoms with Crippen LogP contribution in [0.5, 0.6) is 0 Å². The minimum absolute atomic E-state index is 0.0313. The molecule has 0 saturated carbocycles.